The number of ether oxygens (including phenoxy) is 1. The smallest absolute Gasteiger partial charge is 0.256 e. The molecule has 2 saturated heterocycles. The van der Waals surface area contributed by atoms with E-state index in [1.807, 2.05) is 0 Å². The van der Waals surface area contributed by atoms with Gasteiger partial charge in [0, 0.05) is 39.5 Å². The average molecular weight is 307 g/mol. The number of rotatable bonds is 4. The maximum atomic E-state index is 13.7. The molecular formula is C16H22FN3O2. The molecule has 0 N–H and O–H groups in total. The Balaban J connectivity index is 1.62. The molecule has 2 aliphatic heterocycles. The van der Waals surface area contributed by atoms with Gasteiger partial charge in [0.05, 0.1) is 18.4 Å². The summed E-state index contributed by atoms with van der Waals surface area (Å²) in [6.07, 6.45) is 3.66. The Morgan fingerprint density at radius 3 is 3.00 bits per heavy atom. The number of piperidine rings is 1. The lowest BCUT2D eigenvalue weighted by Gasteiger charge is -2.33. The molecule has 0 saturated carbocycles. The molecule has 0 radical (unpaired) electrons. The zero-order chi connectivity index (χ0) is 15.5. The summed E-state index contributed by atoms with van der Waals surface area (Å²) in [5.41, 5.74) is 0.130. The van der Waals surface area contributed by atoms with E-state index in [9.17, 15) is 9.18 Å². The number of pyridine rings is 1. The van der Waals surface area contributed by atoms with Gasteiger partial charge in [-0.15, -0.1) is 0 Å². The van der Waals surface area contributed by atoms with E-state index in [2.05, 4.69) is 9.88 Å². The summed E-state index contributed by atoms with van der Waals surface area (Å²) >= 11 is 0. The summed E-state index contributed by atoms with van der Waals surface area (Å²) < 4.78 is 18.9. The number of methoxy groups -OCH3 is 1. The van der Waals surface area contributed by atoms with Crippen molar-refractivity contribution in [2.75, 3.05) is 46.4 Å². The number of likely N-dealkylation sites (tertiary alicyclic amines) is 2. The Morgan fingerprint density at radius 1 is 1.41 bits per heavy atom. The molecule has 120 valence electrons. The molecule has 0 bridgehead atoms. The molecule has 2 aliphatic rings. The molecule has 1 aromatic rings. The van der Waals surface area contributed by atoms with Crippen LogP contribution in [0.1, 0.15) is 16.8 Å². The zero-order valence-electron chi connectivity index (χ0n) is 12.9. The van der Waals surface area contributed by atoms with E-state index in [4.69, 9.17) is 4.74 Å². The number of hydrogen-bond acceptors (Lipinski definition) is 4. The van der Waals surface area contributed by atoms with Gasteiger partial charge < -0.3 is 14.5 Å². The van der Waals surface area contributed by atoms with Gasteiger partial charge in [-0.3, -0.25) is 9.78 Å². The highest BCUT2D eigenvalue weighted by atomic mass is 19.1. The molecule has 1 aromatic heterocycles. The predicted octanol–water partition coefficient (Wildman–Crippen LogP) is 1.26. The predicted molar refractivity (Wildman–Crippen MR) is 80.0 cm³/mol. The molecule has 2 atom stereocenters. The third-order valence-electron chi connectivity index (χ3n) is 4.79. The van der Waals surface area contributed by atoms with Crippen molar-refractivity contribution in [3.63, 3.8) is 0 Å². The fourth-order valence-corrected chi connectivity index (χ4v) is 3.55. The molecule has 3 heterocycles. The van der Waals surface area contributed by atoms with Crippen LogP contribution in [0.15, 0.2) is 18.5 Å². The Labute approximate surface area is 130 Å². The molecule has 6 heteroatoms. The maximum absolute atomic E-state index is 13.7. The van der Waals surface area contributed by atoms with Crippen molar-refractivity contribution in [1.29, 1.82) is 0 Å². The monoisotopic (exact) mass is 307 g/mol. The third kappa shape index (κ3) is 3.13. The number of hydrogen-bond donors (Lipinski definition) is 0. The van der Waals surface area contributed by atoms with Gasteiger partial charge >= 0.3 is 0 Å². The highest BCUT2D eigenvalue weighted by molar-refractivity contribution is 5.94. The fraction of sp³-hybridized carbons (Fsp3) is 0.625. The lowest BCUT2D eigenvalue weighted by Crippen LogP contribution is -2.41. The summed E-state index contributed by atoms with van der Waals surface area (Å²) in [4.78, 5) is 20.4. The summed E-state index contributed by atoms with van der Waals surface area (Å²) in [5, 5.41) is 0. The van der Waals surface area contributed by atoms with Gasteiger partial charge in [0.1, 0.15) is 0 Å². The standard InChI is InChI=1S/C16H22FN3O2/c1-22-7-6-19-5-3-12-10-20(11-13(12)9-19)16(21)14-2-4-18-8-15(14)17/h2,4,8,12-13H,3,5-7,9-11H2,1H3/t12-,13+/m0/s1. The normalized spacial score (nSPS) is 25.3. The minimum Gasteiger partial charge on any atom is -0.383 e. The van der Waals surface area contributed by atoms with Crippen LogP contribution in [0, 0.1) is 17.7 Å². The summed E-state index contributed by atoms with van der Waals surface area (Å²) in [5.74, 6) is 0.272. The van der Waals surface area contributed by atoms with Gasteiger partial charge in [-0.2, -0.15) is 0 Å². The van der Waals surface area contributed by atoms with Crippen LogP contribution in [-0.4, -0.2) is 67.1 Å². The minimum atomic E-state index is -0.538. The Hall–Kier alpha value is -1.53. The average Bonchev–Trinajstić information content (AvgIpc) is 2.96. The number of fused-ring (bicyclic) bond motifs is 1. The molecule has 3 rings (SSSR count). The Morgan fingerprint density at radius 2 is 2.23 bits per heavy atom. The number of nitrogens with zero attached hydrogens (tertiary/aromatic N) is 3. The molecule has 0 aliphatic carbocycles. The highest BCUT2D eigenvalue weighted by Crippen LogP contribution is 2.32. The first-order valence-corrected chi connectivity index (χ1v) is 7.79. The topological polar surface area (TPSA) is 45.7 Å². The van der Waals surface area contributed by atoms with E-state index >= 15 is 0 Å². The van der Waals surface area contributed by atoms with Gasteiger partial charge in [-0.1, -0.05) is 0 Å². The third-order valence-corrected chi connectivity index (χ3v) is 4.79. The van der Waals surface area contributed by atoms with E-state index in [0.29, 0.717) is 11.8 Å². The first-order valence-electron chi connectivity index (χ1n) is 7.79. The second kappa shape index (κ2) is 6.71. The Kier molecular flexibility index (Phi) is 4.69. The molecule has 5 nitrogen and oxygen atoms in total. The quantitative estimate of drug-likeness (QED) is 0.840. The number of halogens is 1. The van der Waals surface area contributed by atoms with Gasteiger partial charge in [0.25, 0.3) is 5.91 Å². The van der Waals surface area contributed by atoms with Crippen LogP contribution in [0.4, 0.5) is 4.39 Å². The van der Waals surface area contributed by atoms with Crippen LogP contribution in [0.5, 0.6) is 0 Å². The Bertz CT molecular complexity index is 540. The minimum absolute atomic E-state index is 0.130. The van der Waals surface area contributed by atoms with Crippen LogP contribution in [0.25, 0.3) is 0 Å². The van der Waals surface area contributed by atoms with Gasteiger partial charge in [-0.05, 0) is 30.9 Å². The van der Waals surface area contributed by atoms with Crippen LogP contribution in [0.3, 0.4) is 0 Å². The lowest BCUT2D eigenvalue weighted by atomic mass is 9.89. The van der Waals surface area contributed by atoms with Crippen molar-refractivity contribution in [3.8, 4) is 0 Å². The number of carbonyl (C=O) groups is 1. The molecule has 1 amide bonds. The summed E-state index contributed by atoms with van der Waals surface area (Å²) in [6.45, 7) is 5.18. The van der Waals surface area contributed by atoms with Crippen molar-refractivity contribution < 1.29 is 13.9 Å². The van der Waals surface area contributed by atoms with Gasteiger partial charge in [-0.25, -0.2) is 4.39 Å². The molecular weight excluding hydrogens is 285 g/mol. The van der Waals surface area contributed by atoms with Crippen molar-refractivity contribution in [2.24, 2.45) is 11.8 Å². The molecule has 0 unspecified atom stereocenters. The van der Waals surface area contributed by atoms with Crippen molar-refractivity contribution >= 4 is 5.91 Å². The number of aromatic nitrogens is 1. The van der Waals surface area contributed by atoms with Crippen LogP contribution in [0.2, 0.25) is 0 Å². The van der Waals surface area contributed by atoms with E-state index in [0.717, 1.165) is 51.9 Å². The van der Waals surface area contributed by atoms with Crippen LogP contribution in [-0.2, 0) is 4.74 Å². The van der Waals surface area contributed by atoms with E-state index < -0.39 is 5.82 Å². The second-order valence-electron chi connectivity index (χ2n) is 6.17. The van der Waals surface area contributed by atoms with Crippen LogP contribution >= 0.6 is 0 Å². The van der Waals surface area contributed by atoms with Gasteiger partial charge in [0.15, 0.2) is 5.82 Å². The maximum Gasteiger partial charge on any atom is 0.256 e. The van der Waals surface area contributed by atoms with E-state index in [1.54, 1.807) is 12.0 Å². The second-order valence-corrected chi connectivity index (χ2v) is 6.17. The largest absolute Gasteiger partial charge is 0.383 e. The first kappa shape index (κ1) is 15.4. The van der Waals surface area contributed by atoms with Gasteiger partial charge in [0.2, 0.25) is 0 Å². The fourth-order valence-electron chi connectivity index (χ4n) is 3.55. The zero-order valence-corrected chi connectivity index (χ0v) is 12.9. The van der Waals surface area contributed by atoms with Crippen molar-refractivity contribution in [2.45, 2.75) is 6.42 Å². The van der Waals surface area contributed by atoms with E-state index in [1.165, 1.54) is 12.3 Å². The first-order chi connectivity index (χ1) is 10.7. The summed E-state index contributed by atoms with van der Waals surface area (Å²) in [6, 6.07) is 1.46. The van der Waals surface area contributed by atoms with E-state index in [-0.39, 0.29) is 11.5 Å². The van der Waals surface area contributed by atoms with Crippen molar-refractivity contribution in [1.82, 2.24) is 14.8 Å². The molecule has 0 spiro atoms. The number of carbonyl (C=O) groups excluding carboxylic acids is 1. The lowest BCUT2D eigenvalue weighted by molar-refractivity contribution is 0.0778. The molecule has 22 heavy (non-hydrogen) atoms. The highest BCUT2D eigenvalue weighted by Gasteiger charge is 2.39. The SMILES string of the molecule is COCCN1CC[C@H]2CN(C(=O)c3ccncc3F)C[C@H]2C1. The molecule has 2 fully saturated rings. The van der Waals surface area contributed by atoms with Crippen LogP contribution < -0.4 is 0 Å². The number of amides is 1. The summed E-state index contributed by atoms with van der Waals surface area (Å²) in [7, 11) is 1.71. The molecule has 0 aromatic carbocycles. The van der Waals surface area contributed by atoms with Crippen molar-refractivity contribution in [3.05, 3.63) is 29.8 Å².